The summed E-state index contributed by atoms with van der Waals surface area (Å²) >= 11 is 0. The van der Waals surface area contributed by atoms with Crippen LogP contribution in [-0.4, -0.2) is 12.6 Å². The van der Waals surface area contributed by atoms with Crippen LogP contribution in [0.3, 0.4) is 0 Å². The predicted molar refractivity (Wildman–Crippen MR) is 79.0 cm³/mol. The Bertz CT molecular complexity index is 425. The quantitative estimate of drug-likeness (QED) is 0.866. The van der Waals surface area contributed by atoms with Crippen molar-refractivity contribution in [3.8, 4) is 0 Å². The number of hydrogen-bond acceptors (Lipinski definition) is 1. The molecule has 0 unspecified atom stereocenters. The fraction of sp³-hybridized carbons (Fsp3) is 0.667. The van der Waals surface area contributed by atoms with E-state index in [4.69, 9.17) is 0 Å². The van der Waals surface area contributed by atoms with Gasteiger partial charge in [-0.2, -0.15) is 0 Å². The Morgan fingerprint density at radius 3 is 2.53 bits per heavy atom. The van der Waals surface area contributed by atoms with E-state index in [2.05, 4.69) is 35.6 Å². The minimum Gasteiger partial charge on any atom is -0.313 e. The Hall–Kier alpha value is -0.820. The van der Waals surface area contributed by atoms with Crippen molar-refractivity contribution in [1.29, 1.82) is 0 Å². The molecule has 3 bridgehead atoms. The molecule has 3 fully saturated rings. The van der Waals surface area contributed by atoms with Gasteiger partial charge < -0.3 is 5.32 Å². The van der Waals surface area contributed by atoms with Crippen molar-refractivity contribution in [3.05, 3.63) is 35.9 Å². The maximum absolute atomic E-state index is 3.90. The lowest BCUT2D eigenvalue weighted by Crippen LogP contribution is -2.44. The summed E-state index contributed by atoms with van der Waals surface area (Å²) in [4.78, 5) is 0. The second-order valence-electron chi connectivity index (χ2n) is 7.13. The average molecular weight is 255 g/mol. The summed E-state index contributed by atoms with van der Waals surface area (Å²) in [6.07, 6.45) is 8.83. The lowest BCUT2D eigenvalue weighted by molar-refractivity contribution is 0.138. The Morgan fingerprint density at radius 2 is 1.68 bits per heavy atom. The molecular formula is C18H25N. The zero-order valence-electron chi connectivity index (χ0n) is 11.7. The van der Waals surface area contributed by atoms with Crippen LogP contribution in [0.1, 0.15) is 37.7 Å². The van der Waals surface area contributed by atoms with Crippen LogP contribution >= 0.6 is 0 Å². The first-order valence-electron chi connectivity index (χ1n) is 8.16. The molecule has 0 aromatic heterocycles. The highest BCUT2D eigenvalue weighted by molar-refractivity contribution is 5.15. The van der Waals surface area contributed by atoms with Gasteiger partial charge in [0.2, 0.25) is 0 Å². The summed E-state index contributed by atoms with van der Waals surface area (Å²) in [6.45, 7) is 1.16. The minimum absolute atomic E-state index is 0.833. The molecule has 0 spiro atoms. The molecule has 0 heterocycles. The van der Waals surface area contributed by atoms with Crippen LogP contribution in [0.5, 0.6) is 0 Å². The highest BCUT2D eigenvalue weighted by Gasteiger charge is 2.48. The molecule has 0 amide bonds. The fourth-order valence-electron chi connectivity index (χ4n) is 5.24. The number of nitrogens with one attached hydrogen (secondary N) is 1. The van der Waals surface area contributed by atoms with Crippen molar-refractivity contribution in [2.24, 2.45) is 23.7 Å². The van der Waals surface area contributed by atoms with Gasteiger partial charge in [-0.3, -0.25) is 0 Å². The molecule has 0 aliphatic heterocycles. The monoisotopic (exact) mass is 255 g/mol. The summed E-state index contributed by atoms with van der Waals surface area (Å²) in [5, 5.41) is 3.90. The molecule has 1 aromatic rings. The number of benzene rings is 1. The van der Waals surface area contributed by atoms with Gasteiger partial charge in [0.15, 0.2) is 0 Å². The summed E-state index contributed by atoms with van der Waals surface area (Å²) in [5.74, 6) is 4.23. The smallest absolute Gasteiger partial charge is 0.0101 e. The molecule has 102 valence electrons. The third-order valence-electron chi connectivity index (χ3n) is 5.92. The molecule has 1 nitrogen and oxygen atoms in total. The van der Waals surface area contributed by atoms with Gasteiger partial charge in [-0.25, -0.2) is 0 Å². The van der Waals surface area contributed by atoms with Crippen LogP contribution in [0.15, 0.2) is 30.3 Å². The molecule has 19 heavy (non-hydrogen) atoms. The zero-order valence-corrected chi connectivity index (χ0v) is 11.7. The first kappa shape index (κ1) is 12.0. The van der Waals surface area contributed by atoms with Crippen molar-refractivity contribution in [3.63, 3.8) is 0 Å². The fourth-order valence-corrected chi connectivity index (χ4v) is 5.24. The second-order valence-corrected chi connectivity index (χ2v) is 7.13. The van der Waals surface area contributed by atoms with Gasteiger partial charge in [0, 0.05) is 6.04 Å². The van der Waals surface area contributed by atoms with Gasteiger partial charge in [0.1, 0.15) is 0 Å². The van der Waals surface area contributed by atoms with Crippen LogP contribution in [-0.2, 0) is 6.42 Å². The molecule has 0 radical (unpaired) electrons. The minimum atomic E-state index is 0.833. The van der Waals surface area contributed by atoms with Gasteiger partial charge in [-0.1, -0.05) is 30.3 Å². The Balaban J connectivity index is 1.34. The standard InChI is InChI=1S/C18H25N/c1-2-4-13(5-3-1)6-7-19-18-12-15-8-14-9-16(10-15)17(18)11-14/h1-5,14-19H,6-12H2/t14-,15+,16-,17-,18-/m1/s1. The van der Waals surface area contributed by atoms with E-state index in [9.17, 15) is 0 Å². The third kappa shape index (κ3) is 2.33. The van der Waals surface area contributed by atoms with Crippen molar-refractivity contribution in [2.45, 2.75) is 44.6 Å². The van der Waals surface area contributed by atoms with E-state index in [1.165, 1.54) is 24.8 Å². The van der Waals surface area contributed by atoms with Crippen LogP contribution in [0.2, 0.25) is 0 Å². The van der Waals surface area contributed by atoms with Gasteiger partial charge in [0.05, 0.1) is 0 Å². The molecule has 3 saturated carbocycles. The average Bonchev–Trinajstić information content (AvgIpc) is 2.66. The van der Waals surface area contributed by atoms with Crippen molar-refractivity contribution in [2.75, 3.05) is 6.54 Å². The topological polar surface area (TPSA) is 12.0 Å². The number of rotatable bonds is 4. The van der Waals surface area contributed by atoms with E-state index in [0.717, 1.165) is 36.3 Å². The SMILES string of the molecule is c1ccc(CCN[C@@H]2C[C@H]3C[C@@H]4C[C@H](C3)[C@H]2C4)cc1. The predicted octanol–water partition coefficient (Wildman–Crippen LogP) is 3.64. The van der Waals surface area contributed by atoms with Crippen molar-refractivity contribution in [1.82, 2.24) is 5.32 Å². The molecule has 1 heteroatoms. The maximum atomic E-state index is 3.90. The molecule has 0 saturated heterocycles. The molecule has 1 aromatic carbocycles. The van der Waals surface area contributed by atoms with Gasteiger partial charge >= 0.3 is 0 Å². The highest BCUT2D eigenvalue weighted by atomic mass is 14.9. The summed E-state index contributed by atoms with van der Waals surface area (Å²) in [5.41, 5.74) is 1.47. The van der Waals surface area contributed by atoms with Crippen LogP contribution < -0.4 is 5.32 Å². The third-order valence-corrected chi connectivity index (χ3v) is 5.92. The Labute approximate surface area is 116 Å². The number of fused-ring (bicyclic) bond motifs is 2. The first-order valence-corrected chi connectivity index (χ1v) is 8.16. The van der Waals surface area contributed by atoms with E-state index in [1.54, 1.807) is 19.3 Å². The molecule has 1 N–H and O–H groups in total. The molecule has 3 aliphatic carbocycles. The first-order chi connectivity index (χ1) is 9.38. The number of hydrogen-bond donors (Lipinski definition) is 1. The summed E-state index contributed by atoms with van der Waals surface area (Å²) in [6, 6.07) is 11.7. The van der Waals surface area contributed by atoms with Crippen LogP contribution in [0, 0.1) is 23.7 Å². The molecular weight excluding hydrogens is 230 g/mol. The Kier molecular flexibility index (Phi) is 3.11. The lowest BCUT2D eigenvalue weighted by atomic mass is 9.70. The normalized spacial score (nSPS) is 39.7. The van der Waals surface area contributed by atoms with Crippen molar-refractivity contribution >= 4 is 0 Å². The highest BCUT2D eigenvalue weighted by Crippen LogP contribution is 2.54. The summed E-state index contributed by atoms with van der Waals surface area (Å²) < 4.78 is 0. The zero-order chi connectivity index (χ0) is 12.7. The van der Waals surface area contributed by atoms with Gasteiger partial charge in [0.25, 0.3) is 0 Å². The van der Waals surface area contributed by atoms with E-state index in [1.807, 2.05) is 0 Å². The lowest BCUT2D eigenvalue weighted by Gasteiger charge is -2.40. The Morgan fingerprint density at radius 1 is 0.895 bits per heavy atom. The van der Waals surface area contributed by atoms with Crippen molar-refractivity contribution < 1.29 is 0 Å². The van der Waals surface area contributed by atoms with Crippen LogP contribution in [0.25, 0.3) is 0 Å². The van der Waals surface area contributed by atoms with Gasteiger partial charge in [-0.15, -0.1) is 0 Å². The van der Waals surface area contributed by atoms with E-state index < -0.39 is 0 Å². The largest absolute Gasteiger partial charge is 0.313 e. The van der Waals surface area contributed by atoms with E-state index in [-0.39, 0.29) is 0 Å². The molecule has 4 rings (SSSR count). The van der Waals surface area contributed by atoms with Crippen LogP contribution in [0.4, 0.5) is 0 Å². The molecule has 3 aliphatic rings. The van der Waals surface area contributed by atoms with E-state index >= 15 is 0 Å². The second kappa shape index (κ2) is 4.94. The maximum Gasteiger partial charge on any atom is 0.0101 e. The van der Waals surface area contributed by atoms with Gasteiger partial charge in [-0.05, 0) is 74.3 Å². The van der Waals surface area contributed by atoms with E-state index in [0.29, 0.717) is 0 Å². The molecule has 5 atom stereocenters. The summed E-state index contributed by atoms with van der Waals surface area (Å²) in [7, 11) is 0.